The molecule has 19 heavy (non-hydrogen) atoms. The summed E-state index contributed by atoms with van der Waals surface area (Å²) in [6, 6.07) is 7.53. The third kappa shape index (κ3) is 6.85. The third-order valence-corrected chi connectivity index (χ3v) is 3.89. The maximum absolute atomic E-state index is 11.9. The molecule has 0 bridgehead atoms. The van der Waals surface area contributed by atoms with Gasteiger partial charge in [-0.3, -0.25) is 4.79 Å². The van der Waals surface area contributed by atoms with E-state index in [1.54, 1.807) is 0 Å². The zero-order valence-corrected chi connectivity index (χ0v) is 13.0. The second-order valence-corrected chi connectivity index (χ2v) is 6.11. The van der Waals surface area contributed by atoms with Crippen molar-refractivity contribution in [1.82, 2.24) is 10.6 Å². The molecule has 1 aromatic carbocycles. The normalized spacial score (nSPS) is 12.2. The summed E-state index contributed by atoms with van der Waals surface area (Å²) in [7, 11) is 0. The number of rotatable bonds is 8. The van der Waals surface area contributed by atoms with Crippen molar-refractivity contribution in [2.75, 3.05) is 19.6 Å². The first-order chi connectivity index (χ1) is 9.13. The molecular weight excluding hydrogens is 280 g/mol. The van der Waals surface area contributed by atoms with E-state index >= 15 is 0 Å². The van der Waals surface area contributed by atoms with E-state index in [9.17, 15) is 4.79 Å². The van der Waals surface area contributed by atoms with Crippen LogP contribution >= 0.6 is 23.4 Å². The van der Waals surface area contributed by atoms with E-state index < -0.39 is 0 Å². The highest BCUT2D eigenvalue weighted by Crippen LogP contribution is 2.24. The van der Waals surface area contributed by atoms with E-state index in [0.717, 1.165) is 24.4 Å². The summed E-state index contributed by atoms with van der Waals surface area (Å²) in [5.74, 6) is 0.0678. The standard InChI is InChI=1S/C14H21ClN2OS/c1-3-8-16-9-10-17-14(18)11(2)19-13-6-4-12(15)5-7-13/h4-7,11,16H,3,8-10H2,1-2H3,(H,17,18). The molecule has 1 atom stereocenters. The van der Waals surface area contributed by atoms with Crippen LogP contribution in [0.3, 0.4) is 0 Å². The van der Waals surface area contributed by atoms with Gasteiger partial charge in [0.1, 0.15) is 0 Å². The highest BCUT2D eigenvalue weighted by atomic mass is 35.5. The highest BCUT2D eigenvalue weighted by molar-refractivity contribution is 8.00. The van der Waals surface area contributed by atoms with E-state index in [-0.39, 0.29) is 11.2 Å². The summed E-state index contributed by atoms with van der Waals surface area (Å²) in [4.78, 5) is 12.9. The van der Waals surface area contributed by atoms with Gasteiger partial charge in [0, 0.05) is 23.0 Å². The van der Waals surface area contributed by atoms with Crippen LogP contribution in [0.4, 0.5) is 0 Å². The van der Waals surface area contributed by atoms with E-state index in [2.05, 4.69) is 17.6 Å². The second kappa shape index (κ2) is 9.23. The summed E-state index contributed by atoms with van der Waals surface area (Å²) in [6.45, 7) is 6.51. The summed E-state index contributed by atoms with van der Waals surface area (Å²) >= 11 is 7.36. The lowest BCUT2D eigenvalue weighted by Gasteiger charge is -2.12. The Morgan fingerprint density at radius 2 is 1.95 bits per heavy atom. The lowest BCUT2D eigenvalue weighted by Crippen LogP contribution is -2.36. The molecule has 1 unspecified atom stereocenters. The molecule has 1 aromatic rings. The quantitative estimate of drug-likeness (QED) is 0.573. The zero-order chi connectivity index (χ0) is 14.1. The molecule has 0 radical (unpaired) electrons. The minimum atomic E-state index is -0.104. The second-order valence-electron chi connectivity index (χ2n) is 4.26. The molecule has 0 aliphatic heterocycles. The molecule has 0 aliphatic rings. The fraction of sp³-hybridized carbons (Fsp3) is 0.500. The van der Waals surface area contributed by atoms with Crippen LogP contribution in [0.5, 0.6) is 0 Å². The molecule has 3 nitrogen and oxygen atoms in total. The lowest BCUT2D eigenvalue weighted by molar-refractivity contribution is -0.120. The van der Waals surface area contributed by atoms with Crippen molar-refractivity contribution in [1.29, 1.82) is 0 Å². The van der Waals surface area contributed by atoms with Crippen molar-refractivity contribution in [3.63, 3.8) is 0 Å². The van der Waals surface area contributed by atoms with Gasteiger partial charge in [0.05, 0.1) is 5.25 Å². The van der Waals surface area contributed by atoms with Crippen molar-refractivity contribution < 1.29 is 4.79 Å². The van der Waals surface area contributed by atoms with Gasteiger partial charge in [-0.05, 0) is 44.2 Å². The Bertz CT molecular complexity index is 384. The number of carbonyl (C=O) groups excluding carboxylic acids is 1. The number of halogens is 1. The molecule has 1 rings (SSSR count). The maximum atomic E-state index is 11.9. The van der Waals surface area contributed by atoms with Crippen LogP contribution in [0.1, 0.15) is 20.3 Å². The van der Waals surface area contributed by atoms with E-state index in [0.29, 0.717) is 11.6 Å². The predicted octanol–water partition coefficient (Wildman–Crippen LogP) is 2.94. The average Bonchev–Trinajstić information content (AvgIpc) is 2.41. The molecule has 0 aromatic heterocycles. The van der Waals surface area contributed by atoms with Crippen LogP contribution in [0.15, 0.2) is 29.2 Å². The summed E-state index contributed by atoms with van der Waals surface area (Å²) < 4.78 is 0. The fourth-order valence-corrected chi connectivity index (χ4v) is 2.51. The Morgan fingerprint density at radius 1 is 1.26 bits per heavy atom. The molecule has 0 saturated carbocycles. The fourth-order valence-electron chi connectivity index (χ4n) is 1.49. The molecule has 0 fully saturated rings. The van der Waals surface area contributed by atoms with Crippen molar-refractivity contribution >= 4 is 29.3 Å². The average molecular weight is 301 g/mol. The Morgan fingerprint density at radius 3 is 2.58 bits per heavy atom. The first-order valence-electron chi connectivity index (χ1n) is 6.54. The van der Waals surface area contributed by atoms with Gasteiger partial charge in [0.2, 0.25) is 5.91 Å². The van der Waals surface area contributed by atoms with Gasteiger partial charge in [-0.15, -0.1) is 11.8 Å². The van der Waals surface area contributed by atoms with Gasteiger partial charge in [-0.25, -0.2) is 0 Å². The van der Waals surface area contributed by atoms with Crippen molar-refractivity contribution in [2.45, 2.75) is 30.4 Å². The Labute approximate surface area is 124 Å². The monoisotopic (exact) mass is 300 g/mol. The van der Waals surface area contributed by atoms with Gasteiger partial charge in [-0.1, -0.05) is 18.5 Å². The molecule has 0 saturated heterocycles. The number of carbonyl (C=O) groups is 1. The van der Waals surface area contributed by atoms with E-state index in [1.807, 2.05) is 31.2 Å². The minimum absolute atomic E-state index is 0.0678. The van der Waals surface area contributed by atoms with Crippen LogP contribution in [0.25, 0.3) is 0 Å². The molecule has 0 heterocycles. The number of thioether (sulfide) groups is 1. The number of hydrogen-bond donors (Lipinski definition) is 2. The Kier molecular flexibility index (Phi) is 7.94. The SMILES string of the molecule is CCCNCCNC(=O)C(C)Sc1ccc(Cl)cc1. The van der Waals surface area contributed by atoms with Gasteiger partial charge >= 0.3 is 0 Å². The first-order valence-corrected chi connectivity index (χ1v) is 7.80. The predicted molar refractivity (Wildman–Crippen MR) is 82.9 cm³/mol. The minimum Gasteiger partial charge on any atom is -0.354 e. The molecule has 0 aliphatic carbocycles. The summed E-state index contributed by atoms with van der Waals surface area (Å²) in [6.07, 6.45) is 1.11. The maximum Gasteiger partial charge on any atom is 0.233 e. The third-order valence-electron chi connectivity index (χ3n) is 2.52. The topological polar surface area (TPSA) is 41.1 Å². The van der Waals surface area contributed by atoms with Crippen LogP contribution in [0, 0.1) is 0 Å². The highest BCUT2D eigenvalue weighted by Gasteiger charge is 2.13. The van der Waals surface area contributed by atoms with Crippen LogP contribution in [-0.2, 0) is 4.79 Å². The first kappa shape index (κ1) is 16.3. The molecule has 0 spiro atoms. The smallest absolute Gasteiger partial charge is 0.233 e. The Hall–Kier alpha value is -0.710. The van der Waals surface area contributed by atoms with E-state index in [4.69, 9.17) is 11.6 Å². The zero-order valence-electron chi connectivity index (χ0n) is 11.4. The molecule has 106 valence electrons. The number of nitrogens with one attached hydrogen (secondary N) is 2. The van der Waals surface area contributed by atoms with Crippen molar-refractivity contribution in [2.24, 2.45) is 0 Å². The summed E-state index contributed by atoms with van der Waals surface area (Å²) in [5, 5.41) is 6.78. The number of amides is 1. The van der Waals surface area contributed by atoms with Crippen LogP contribution < -0.4 is 10.6 Å². The van der Waals surface area contributed by atoms with Crippen LogP contribution in [0.2, 0.25) is 5.02 Å². The van der Waals surface area contributed by atoms with Crippen molar-refractivity contribution in [3.05, 3.63) is 29.3 Å². The van der Waals surface area contributed by atoms with Gasteiger partial charge in [-0.2, -0.15) is 0 Å². The number of hydrogen-bond acceptors (Lipinski definition) is 3. The molecular formula is C14H21ClN2OS. The molecule has 5 heteroatoms. The number of benzene rings is 1. The van der Waals surface area contributed by atoms with Crippen LogP contribution in [-0.4, -0.2) is 30.8 Å². The summed E-state index contributed by atoms with van der Waals surface area (Å²) in [5.41, 5.74) is 0. The van der Waals surface area contributed by atoms with Gasteiger partial charge in [0.15, 0.2) is 0 Å². The molecule has 1 amide bonds. The Balaban J connectivity index is 2.26. The lowest BCUT2D eigenvalue weighted by atomic mass is 10.4. The van der Waals surface area contributed by atoms with Gasteiger partial charge in [0.25, 0.3) is 0 Å². The van der Waals surface area contributed by atoms with Crippen molar-refractivity contribution in [3.8, 4) is 0 Å². The van der Waals surface area contributed by atoms with Gasteiger partial charge < -0.3 is 10.6 Å². The van der Waals surface area contributed by atoms with E-state index in [1.165, 1.54) is 11.8 Å². The molecule has 2 N–H and O–H groups in total. The largest absolute Gasteiger partial charge is 0.354 e.